The first-order valence-corrected chi connectivity index (χ1v) is 10.4. The second-order valence-electron chi connectivity index (χ2n) is 5.83. The van der Waals surface area contributed by atoms with Crippen LogP contribution in [0, 0.1) is 10.1 Å². The van der Waals surface area contributed by atoms with Crippen molar-refractivity contribution in [3.8, 4) is 16.2 Å². The van der Waals surface area contributed by atoms with Crippen LogP contribution in [0.1, 0.15) is 5.56 Å². The Balaban J connectivity index is 1.59. The van der Waals surface area contributed by atoms with Gasteiger partial charge in [-0.05, 0) is 29.1 Å². The lowest BCUT2D eigenvalue weighted by Gasteiger charge is -2.10. The van der Waals surface area contributed by atoms with Gasteiger partial charge in [0.1, 0.15) is 0 Å². The number of nitro groups is 1. The Morgan fingerprint density at radius 3 is 2.75 bits per heavy atom. The smallest absolute Gasteiger partial charge is 0.311 e. The van der Waals surface area contributed by atoms with E-state index in [1.54, 1.807) is 23.5 Å². The molecular weight excluding hydrogens is 396 g/mol. The van der Waals surface area contributed by atoms with Crippen LogP contribution in [0.3, 0.4) is 0 Å². The van der Waals surface area contributed by atoms with Crippen molar-refractivity contribution in [2.24, 2.45) is 0 Å². The van der Waals surface area contributed by atoms with Crippen molar-refractivity contribution < 1.29 is 14.5 Å². The highest BCUT2D eigenvalue weighted by atomic mass is 32.2. The van der Waals surface area contributed by atoms with Crippen LogP contribution in [-0.4, -0.2) is 23.7 Å². The number of nitrogens with zero attached hydrogens (tertiary/aromatic N) is 1. The van der Waals surface area contributed by atoms with E-state index in [0.717, 1.165) is 21.7 Å². The third-order valence-electron chi connectivity index (χ3n) is 3.93. The molecule has 0 unspecified atom stereocenters. The summed E-state index contributed by atoms with van der Waals surface area (Å²) < 4.78 is 5.00. The summed E-state index contributed by atoms with van der Waals surface area (Å²) in [5.41, 5.74) is 2.46. The van der Waals surface area contributed by atoms with Gasteiger partial charge in [0.25, 0.3) is 0 Å². The third kappa shape index (κ3) is 4.90. The largest absolute Gasteiger partial charge is 0.490 e. The first-order valence-electron chi connectivity index (χ1n) is 8.40. The maximum absolute atomic E-state index is 12.3. The van der Waals surface area contributed by atoms with Gasteiger partial charge >= 0.3 is 5.69 Å². The molecule has 3 rings (SSSR count). The standard InChI is InChI=1S/C20H18N2O4S2/c1-26-18-9-8-14(11-17(18)22(24)25)12-27-13-20(23)21-16-6-3-2-5-15(16)19-7-4-10-28-19/h2-11H,12-13H2,1H3,(H,21,23). The summed E-state index contributed by atoms with van der Waals surface area (Å²) in [4.78, 5) is 24.1. The number of carbonyl (C=O) groups excluding carboxylic acids is 1. The molecule has 0 saturated heterocycles. The van der Waals surface area contributed by atoms with E-state index in [-0.39, 0.29) is 23.1 Å². The van der Waals surface area contributed by atoms with Gasteiger partial charge in [0.15, 0.2) is 5.75 Å². The molecule has 0 aliphatic heterocycles. The molecule has 1 amide bonds. The third-order valence-corrected chi connectivity index (χ3v) is 5.84. The van der Waals surface area contributed by atoms with E-state index >= 15 is 0 Å². The second-order valence-corrected chi connectivity index (χ2v) is 7.76. The number of benzene rings is 2. The summed E-state index contributed by atoms with van der Waals surface area (Å²) in [5.74, 6) is 0.849. The number of hydrogen-bond acceptors (Lipinski definition) is 6. The molecule has 0 aliphatic carbocycles. The average molecular weight is 415 g/mol. The zero-order valence-electron chi connectivity index (χ0n) is 15.1. The predicted molar refractivity (Wildman–Crippen MR) is 114 cm³/mol. The van der Waals surface area contributed by atoms with E-state index in [1.165, 1.54) is 24.9 Å². The SMILES string of the molecule is COc1ccc(CSCC(=O)Nc2ccccc2-c2cccs2)cc1[N+](=O)[O-]. The molecule has 3 aromatic rings. The first kappa shape index (κ1) is 19.9. The second kappa shape index (κ2) is 9.38. The van der Waals surface area contributed by atoms with E-state index < -0.39 is 4.92 Å². The van der Waals surface area contributed by atoms with Gasteiger partial charge in [0.2, 0.25) is 5.91 Å². The molecular formula is C20H18N2O4S2. The zero-order valence-corrected chi connectivity index (χ0v) is 16.7. The molecule has 0 fully saturated rings. The average Bonchev–Trinajstić information content (AvgIpc) is 3.23. The van der Waals surface area contributed by atoms with Gasteiger partial charge in [-0.2, -0.15) is 0 Å². The van der Waals surface area contributed by atoms with Crippen LogP contribution in [-0.2, 0) is 10.5 Å². The van der Waals surface area contributed by atoms with Crippen LogP contribution in [0.2, 0.25) is 0 Å². The van der Waals surface area contributed by atoms with Crippen LogP contribution in [0.4, 0.5) is 11.4 Å². The minimum Gasteiger partial charge on any atom is -0.490 e. The molecule has 2 aromatic carbocycles. The molecule has 1 aromatic heterocycles. The quantitative estimate of drug-likeness (QED) is 0.404. The highest BCUT2D eigenvalue weighted by Gasteiger charge is 2.15. The number of methoxy groups -OCH3 is 1. The number of carbonyl (C=O) groups is 1. The summed E-state index contributed by atoms with van der Waals surface area (Å²) in [6.07, 6.45) is 0. The molecule has 0 atom stereocenters. The number of thioether (sulfide) groups is 1. The molecule has 0 spiro atoms. The number of hydrogen-bond donors (Lipinski definition) is 1. The Morgan fingerprint density at radius 1 is 1.21 bits per heavy atom. The maximum atomic E-state index is 12.3. The number of rotatable bonds is 8. The maximum Gasteiger partial charge on any atom is 0.311 e. The van der Waals surface area contributed by atoms with E-state index in [0.29, 0.717) is 5.75 Å². The molecule has 28 heavy (non-hydrogen) atoms. The van der Waals surface area contributed by atoms with Crippen LogP contribution in [0.15, 0.2) is 60.0 Å². The molecule has 1 heterocycles. The summed E-state index contributed by atoms with van der Waals surface area (Å²) in [6.45, 7) is 0. The molecule has 6 nitrogen and oxygen atoms in total. The van der Waals surface area contributed by atoms with E-state index in [2.05, 4.69) is 5.32 Å². The number of nitrogens with one attached hydrogen (secondary N) is 1. The Labute approximate surface area is 170 Å². The number of para-hydroxylation sites is 1. The highest BCUT2D eigenvalue weighted by Crippen LogP contribution is 2.32. The van der Waals surface area contributed by atoms with Gasteiger partial charge in [0, 0.05) is 27.9 Å². The van der Waals surface area contributed by atoms with Gasteiger partial charge < -0.3 is 10.1 Å². The lowest BCUT2D eigenvalue weighted by molar-refractivity contribution is -0.385. The molecule has 0 aliphatic rings. The fourth-order valence-electron chi connectivity index (χ4n) is 2.65. The molecule has 0 saturated carbocycles. The minimum absolute atomic E-state index is 0.0741. The monoisotopic (exact) mass is 414 g/mol. The molecule has 0 radical (unpaired) electrons. The molecule has 144 valence electrons. The zero-order chi connectivity index (χ0) is 19.9. The number of nitro benzene ring substituents is 1. The normalized spacial score (nSPS) is 10.5. The first-order chi connectivity index (χ1) is 13.6. The summed E-state index contributed by atoms with van der Waals surface area (Å²) >= 11 is 3.02. The lowest BCUT2D eigenvalue weighted by atomic mass is 10.1. The van der Waals surface area contributed by atoms with E-state index in [9.17, 15) is 14.9 Å². The molecule has 0 bridgehead atoms. The van der Waals surface area contributed by atoms with Crippen molar-refractivity contribution in [3.63, 3.8) is 0 Å². The summed E-state index contributed by atoms with van der Waals surface area (Å²) in [6, 6.07) is 16.5. The Kier molecular flexibility index (Phi) is 6.67. The fourth-order valence-corrected chi connectivity index (χ4v) is 4.20. The van der Waals surface area contributed by atoms with Gasteiger partial charge in [-0.25, -0.2) is 0 Å². The van der Waals surface area contributed by atoms with E-state index in [4.69, 9.17) is 4.74 Å². The van der Waals surface area contributed by atoms with Crippen LogP contribution in [0.5, 0.6) is 5.75 Å². The van der Waals surface area contributed by atoms with Gasteiger partial charge in [0.05, 0.1) is 17.8 Å². The summed E-state index contributed by atoms with van der Waals surface area (Å²) in [7, 11) is 1.40. The molecule has 8 heteroatoms. The Bertz CT molecular complexity index is 974. The van der Waals surface area contributed by atoms with Crippen LogP contribution in [0.25, 0.3) is 10.4 Å². The highest BCUT2D eigenvalue weighted by molar-refractivity contribution is 7.99. The summed E-state index contributed by atoms with van der Waals surface area (Å²) in [5, 5.41) is 16.1. The number of thiophene rings is 1. The van der Waals surface area contributed by atoms with Crippen molar-refractivity contribution in [2.75, 3.05) is 18.2 Å². The lowest BCUT2D eigenvalue weighted by Crippen LogP contribution is -2.14. The van der Waals surface area contributed by atoms with Crippen molar-refractivity contribution in [2.45, 2.75) is 5.75 Å². The number of ether oxygens (including phenoxy) is 1. The Hall–Kier alpha value is -2.84. The van der Waals surface area contributed by atoms with Crippen molar-refractivity contribution >= 4 is 40.4 Å². The van der Waals surface area contributed by atoms with Gasteiger partial charge in [-0.3, -0.25) is 14.9 Å². The van der Waals surface area contributed by atoms with E-state index in [1.807, 2.05) is 41.8 Å². The van der Waals surface area contributed by atoms with Crippen molar-refractivity contribution in [3.05, 3.63) is 75.7 Å². The predicted octanol–water partition coefficient (Wildman–Crippen LogP) is 5.20. The molecule has 1 N–H and O–H groups in total. The number of anilines is 1. The van der Waals surface area contributed by atoms with Gasteiger partial charge in [-0.15, -0.1) is 23.1 Å². The fraction of sp³-hybridized carbons (Fsp3) is 0.150. The van der Waals surface area contributed by atoms with Gasteiger partial charge in [-0.1, -0.05) is 30.3 Å². The Morgan fingerprint density at radius 2 is 2.04 bits per heavy atom. The topological polar surface area (TPSA) is 81.5 Å². The number of amides is 1. The van der Waals surface area contributed by atoms with Crippen LogP contribution >= 0.6 is 23.1 Å². The minimum atomic E-state index is -0.471. The van der Waals surface area contributed by atoms with Crippen molar-refractivity contribution in [1.29, 1.82) is 0 Å². The van der Waals surface area contributed by atoms with Crippen molar-refractivity contribution in [1.82, 2.24) is 0 Å². The van der Waals surface area contributed by atoms with Crippen LogP contribution < -0.4 is 10.1 Å².